The highest BCUT2D eigenvalue weighted by Gasteiger charge is 2.40. The summed E-state index contributed by atoms with van der Waals surface area (Å²) in [6.07, 6.45) is 11.3. The van der Waals surface area contributed by atoms with E-state index in [9.17, 15) is 0 Å². The maximum atomic E-state index is 6.10. The normalized spacial score (nSPS) is 31.2. The van der Waals surface area contributed by atoms with E-state index in [1.54, 1.807) is 0 Å². The molecule has 0 atom stereocenters. The van der Waals surface area contributed by atoms with Gasteiger partial charge in [-0.05, 0) is 25.7 Å². The number of hydrogen-bond donors (Lipinski definition) is 1. The average molecular weight is 251 g/mol. The highest BCUT2D eigenvalue weighted by Crippen LogP contribution is 2.35. The summed E-state index contributed by atoms with van der Waals surface area (Å²) >= 11 is 0. The largest absolute Gasteiger partial charge is 0.329 e. The molecule has 3 rings (SSSR count). The maximum absolute atomic E-state index is 6.10. The Labute approximate surface area is 112 Å². The molecule has 2 N–H and O–H groups in total. The van der Waals surface area contributed by atoms with Gasteiger partial charge in [-0.25, -0.2) is 0 Å². The first kappa shape index (κ1) is 12.9. The van der Waals surface area contributed by atoms with Gasteiger partial charge in [0.1, 0.15) is 0 Å². The Morgan fingerprint density at radius 1 is 0.889 bits per heavy atom. The Morgan fingerprint density at radius 2 is 1.50 bits per heavy atom. The van der Waals surface area contributed by atoms with Crippen molar-refractivity contribution in [2.45, 2.75) is 62.9 Å². The Balaban J connectivity index is 1.55. The van der Waals surface area contributed by atoms with Crippen LogP contribution in [0, 0.1) is 0 Å². The second-order valence-electron chi connectivity index (χ2n) is 6.60. The van der Waals surface area contributed by atoms with Crippen LogP contribution in [-0.4, -0.2) is 54.1 Å². The molecular weight excluding hydrogens is 222 g/mol. The fraction of sp³-hybridized carbons (Fsp3) is 1.00. The van der Waals surface area contributed by atoms with Gasteiger partial charge in [-0.3, -0.25) is 9.80 Å². The lowest BCUT2D eigenvalue weighted by Gasteiger charge is -2.47. The molecule has 1 saturated heterocycles. The van der Waals surface area contributed by atoms with E-state index in [-0.39, 0.29) is 0 Å². The van der Waals surface area contributed by atoms with Crippen molar-refractivity contribution >= 4 is 0 Å². The van der Waals surface area contributed by atoms with Crippen LogP contribution in [0.15, 0.2) is 0 Å². The lowest BCUT2D eigenvalue weighted by Crippen LogP contribution is -2.60. The number of rotatable bonds is 3. The fourth-order valence-electron chi connectivity index (χ4n) is 4.51. The summed E-state index contributed by atoms with van der Waals surface area (Å²) < 4.78 is 0. The zero-order valence-electron chi connectivity index (χ0n) is 11.7. The molecular formula is C15H29N3. The minimum absolute atomic E-state index is 0.377. The molecule has 0 aromatic rings. The van der Waals surface area contributed by atoms with Crippen LogP contribution in [0.4, 0.5) is 0 Å². The zero-order valence-corrected chi connectivity index (χ0v) is 11.7. The first-order valence-corrected chi connectivity index (χ1v) is 8.03. The van der Waals surface area contributed by atoms with Gasteiger partial charge in [0.2, 0.25) is 0 Å². The molecule has 0 amide bonds. The van der Waals surface area contributed by atoms with Crippen molar-refractivity contribution in [1.29, 1.82) is 0 Å². The first-order chi connectivity index (χ1) is 8.84. The summed E-state index contributed by atoms with van der Waals surface area (Å²) in [7, 11) is 0. The van der Waals surface area contributed by atoms with Crippen LogP contribution in [0.3, 0.4) is 0 Å². The highest BCUT2D eigenvalue weighted by molar-refractivity contribution is 4.98. The number of hydrogen-bond acceptors (Lipinski definition) is 3. The average Bonchev–Trinajstić information content (AvgIpc) is 3.11. The van der Waals surface area contributed by atoms with Crippen LogP contribution < -0.4 is 5.73 Å². The van der Waals surface area contributed by atoms with Gasteiger partial charge in [0.15, 0.2) is 0 Å². The number of piperazine rings is 1. The fourth-order valence-corrected chi connectivity index (χ4v) is 4.51. The summed E-state index contributed by atoms with van der Waals surface area (Å²) in [6.45, 7) is 5.96. The van der Waals surface area contributed by atoms with E-state index >= 15 is 0 Å². The Hall–Kier alpha value is -0.120. The molecule has 3 heteroatoms. The predicted molar refractivity (Wildman–Crippen MR) is 75.7 cm³/mol. The van der Waals surface area contributed by atoms with Gasteiger partial charge in [0.25, 0.3) is 0 Å². The van der Waals surface area contributed by atoms with Gasteiger partial charge < -0.3 is 5.73 Å². The maximum Gasteiger partial charge on any atom is 0.0332 e. The Bertz CT molecular complexity index is 259. The van der Waals surface area contributed by atoms with Gasteiger partial charge in [0, 0.05) is 44.3 Å². The molecule has 1 heterocycles. The van der Waals surface area contributed by atoms with E-state index in [1.807, 2.05) is 0 Å². The van der Waals surface area contributed by atoms with Gasteiger partial charge >= 0.3 is 0 Å². The topological polar surface area (TPSA) is 32.5 Å². The summed E-state index contributed by atoms with van der Waals surface area (Å²) in [5.41, 5.74) is 6.48. The molecule has 2 aliphatic carbocycles. The molecule has 0 radical (unpaired) electrons. The van der Waals surface area contributed by atoms with Crippen LogP contribution in [0.5, 0.6) is 0 Å². The standard InChI is InChI=1S/C15H29N3/c16-13-15(7-3-4-8-15)18-11-9-17(10-12-18)14-5-1-2-6-14/h14H,1-13,16H2. The van der Waals surface area contributed by atoms with E-state index in [0.29, 0.717) is 5.54 Å². The van der Waals surface area contributed by atoms with Crippen molar-refractivity contribution < 1.29 is 0 Å². The molecule has 3 fully saturated rings. The third kappa shape index (κ3) is 2.33. The smallest absolute Gasteiger partial charge is 0.0332 e. The van der Waals surface area contributed by atoms with Gasteiger partial charge in [-0.1, -0.05) is 25.7 Å². The SMILES string of the molecule is NCC1(N2CCN(C3CCCC3)CC2)CCCC1. The van der Waals surface area contributed by atoms with Gasteiger partial charge in [0.05, 0.1) is 0 Å². The summed E-state index contributed by atoms with van der Waals surface area (Å²) in [5.74, 6) is 0. The molecule has 3 nitrogen and oxygen atoms in total. The molecule has 1 aliphatic heterocycles. The minimum Gasteiger partial charge on any atom is -0.329 e. The summed E-state index contributed by atoms with van der Waals surface area (Å²) in [5, 5.41) is 0. The second kappa shape index (κ2) is 5.48. The monoisotopic (exact) mass is 251 g/mol. The summed E-state index contributed by atoms with van der Waals surface area (Å²) in [6, 6.07) is 0.907. The third-order valence-electron chi connectivity index (χ3n) is 5.74. The van der Waals surface area contributed by atoms with Crippen molar-refractivity contribution in [1.82, 2.24) is 9.80 Å². The molecule has 3 aliphatic rings. The molecule has 2 saturated carbocycles. The highest BCUT2D eigenvalue weighted by atomic mass is 15.3. The molecule has 0 bridgehead atoms. The molecule has 104 valence electrons. The molecule has 0 aromatic carbocycles. The van der Waals surface area contributed by atoms with Crippen molar-refractivity contribution in [2.24, 2.45) is 5.73 Å². The minimum atomic E-state index is 0.377. The van der Waals surface area contributed by atoms with E-state index < -0.39 is 0 Å². The second-order valence-corrected chi connectivity index (χ2v) is 6.60. The van der Waals surface area contributed by atoms with Crippen LogP contribution in [0.25, 0.3) is 0 Å². The van der Waals surface area contributed by atoms with Crippen molar-refractivity contribution in [3.05, 3.63) is 0 Å². The number of nitrogens with two attached hydrogens (primary N) is 1. The molecule has 0 unspecified atom stereocenters. The van der Waals surface area contributed by atoms with Crippen LogP contribution in [0.1, 0.15) is 51.4 Å². The van der Waals surface area contributed by atoms with Crippen LogP contribution in [0.2, 0.25) is 0 Å². The Morgan fingerprint density at radius 3 is 2.06 bits per heavy atom. The zero-order chi connectivity index (χ0) is 12.4. The molecule has 18 heavy (non-hydrogen) atoms. The third-order valence-corrected chi connectivity index (χ3v) is 5.74. The van der Waals surface area contributed by atoms with E-state index in [0.717, 1.165) is 12.6 Å². The van der Waals surface area contributed by atoms with Gasteiger partial charge in [-0.2, -0.15) is 0 Å². The number of nitrogens with zero attached hydrogens (tertiary/aromatic N) is 2. The lowest BCUT2D eigenvalue weighted by atomic mass is 9.94. The van der Waals surface area contributed by atoms with E-state index in [2.05, 4.69) is 9.80 Å². The lowest BCUT2D eigenvalue weighted by molar-refractivity contribution is 0.0246. The van der Waals surface area contributed by atoms with Crippen molar-refractivity contribution in [3.63, 3.8) is 0 Å². The van der Waals surface area contributed by atoms with E-state index in [1.165, 1.54) is 77.5 Å². The Kier molecular flexibility index (Phi) is 3.92. The quantitative estimate of drug-likeness (QED) is 0.830. The molecule has 0 aromatic heterocycles. The molecule has 0 spiro atoms. The van der Waals surface area contributed by atoms with Gasteiger partial charge in [-0.15, -0.1) is 0 Å². The summed E-state index contributed by atoms with van der Waals surface area (Å²) in [4.78, 5) is 5.48. The van der Waals surface area contributed by atoms with Crippen molar-refractivity contribution in [2.75, 3.05) is 32.7 Å². The van der Waals surface area contributed by atoms with E-state index in [4.69, 9.17) is 5.73 Å². The van der Waals surface area contributed by atoms with Crippen molar-refractivity contribution in [3.8, 4) is 0 Å². The first-order valence-electron chi connectivity index (χ1n) is 8.03. The van der Waals surface area contributed by atoms with Crippen LogP contribution >= 0.6 is 0 Å². The predicted octanol–water partition coefficient (Wildman–Crippen LogP) is 1.82. The van der Waals surface area contributed by atoms with Crippen LogP contribution in [-0.2, 0) is 0 Å².